The van der Waals surface area contributed by atoms with Gasteiger partial charge in [0.2, 0.25) is 0 Å². The highest BCUT2D eigenvalue weighted by Crippen LogP contribution is 2.27. The van der Waals surface area contributed by atoms with Crippen LogP contribution in [-0.4, -0.2) is 26.8 Å². The Labute approximate surface area is 195 Å². The highest BCUT2D eigenvalue weighted by molar-refractivity contribution is 7.92. The lowest BCUT2D eigenvalue weighted by Crippen LogP contribution is -2.22. The van der Waals surface area contributed by atoms with Crippen molar-refractivity contribution < 1.29 is 18.0 Å². The van der Waals surface area contributed by atoms with Crippen molar-refractivity contribution >= 4 is 56.4 Å². The summed E-state index contributed by atoms with van der Waals surface area (Å²) in [6, 6.07) is 16.5. The minimum absolute atomic E-state index is 0.0202. The molecule has 0 atom stereocenters. The van der Waals surface area contributed by atoms with E-state index in [4.69, 9.17) is 23.2 Å². The Kier molecular flexibility index (Phi) is 7.40. The van der Waals surface area contributed by atoms with E-state index in [1.54, 1.807) is 36.4 Å². The first-order valence-corrected chi connectivity index (χ1v) is 11.7. The van der Waals surface area contributed by atoms with Gasteiger partial charge < -0.3 is 10.6 Å². The zero-order chi connectivity index (χ0) is 23.3. The quantitative estimate of drug-likeness (QED) is 0.441. The third-order valence-electron chi connectivity index (χ3n) is 4.30. The van der Waals surface area contributed by atoms with Gasteiger partial charge in [-0.3, -0.25) is 14.3 Å². The van der Waals surface area contributed by atoms with Crippen LogP contribution in [0.1, 0.15) is 27.6 Å². The number of carbonyl (C=O) groups excluding carboxylic acids is 2. The number of sulfonamides is 1. The second-order valence-electron chi connectivity index (χ2n) is 6.65. The Bertz CT molecular complexity index is 1260. The van der Waals surface area contributed by atoms with Gasteiger partial charge >= 0.3 is 0 Å². The summed E-state index contributed by atoms with van der Waals surface area (Å²) in [6.45, 7) is 2.34. The fraction of sp³-hybridized carbons (Fsp3) is 0.0909. The summed E-state index contributed by atoms with van der Waals surface area (Å²) in [5.41, 5.74) is 1.37. The second kappa shape index (κ2) is 10.0. The summed E-state index contributed by atoms with van der Waals surface area (Å²) < 4.78 is 27.8. The smallest absolute Gasteiger partial charge is 0.263 e. The van der Waals surface area contributed by atoms with Crippen LogP contribution in [0.25, 0.3) is 0 Å². The molecule has 3 rings (SSSR count). The molecule has 0 unspecified atom stereocenters. The van der Waals surface area contributed by atoms with E-state index >= 15 is 0 Å². The Morgan fingerprint density at radius 3 is 2.25 bits per heavy atom. The molecule has 0 saturated heterocycles. The molecule has 0 spiro atoms. The van der Waals surface area contributed by atoms with Gasteiger partial charge in [0.25, 0.3) is 21.8 Å². The van der Waals surface area contributed by atoms with Gasteiger partial charge in [0, 0.05) is 34.1 Å². The van der Waals surface area contributed by atoms with Crippen LogP contribution < -0.4 is 15.4 Å². The standard InChI is InChI=1S/C22H19Cl2N3O4S/c1-2-25-21(28)14-6-9-17(10-7-14)26-22(29)15-4-3-5-18(12-15)27-32(30,31)20-13-16(23)8-11-19(20)24/h3-13,27H,2H2,1H3,(H,25,28)(H,26,29). The van der Waals surface area contributed by atoms with Crippen LogP contribution >= 0.6 is 23.2 Å². The first-order valence-electron chi connectivity index (χ1n) is 9.47. The van der Waals surface area contributed by atoms with E-state index in [1.807, 2.05) is 6.92 Å². The Balaban J connectivity index is 1.75. The van der Waals surface area contributed by atoms with Crippen LogP contribution in [0.2, 0.25) is 10.0 Å². The number of benzene rings is 3. The number of rotatable bonds is 7. The van der Waals surface area contributed by atoms with Gasteiger partial charge in [-0.2, -0.15) is 0 Å². The zero-order valence-electron chi connectivity index (χ0n) is 16.9. The van der Waals surface area contributed by atoms with Gasteiger partial charge in [-0.25, -0.2) is 8.42 Å². The summed E-state index contributed by atoms with van der Waals surface area (Å²) in [5.74, 6) is -0.650. The molecule has 10 heteroatoms. The van der Waals surface area contributed by atoms with Crippen LogP contribution in [0.3, 0.4) is 0 Å². The molecule has 166 valence electrons. The number of nitrogens with one attached hydrogen (secondary N) is 3. The maximum Gasteiger partial charge on any atom is 0.263 e. The van der Waals surface area contributed by atoms with Crippen LogP contribution in [0.4, 0.5) is 11.4 Å². The molecule has 0 aliphatic carbocycles. The molecular formula is C22H19Cl2N3O4S. The largest absolute Gasteiger partial charge is 0.352 e. The summed E-state index contributed by atoms with van der Waals surface area (Å²) in [4.78, 5) is 24.3. The van der Waals surface area contributed by atoms with Gasteiger partial charge in [-0.1, -0.05) is 29.3 Å². The van der Waals surface area contributed by atoms with E-state index in [9.17, 15) is 18.0 Å². The first kappa shape index (κ1) is 23.6. The molecule has 3 N–H and O–H groups in total. The van der Waals surface area contributed by atoms with Crippen LogP contribution in [-0.2, 0) is 10.0 Å². The molecule has 3 aromatic rings. The lowest BCUT2D eigenvalue weighted by atomic mass is 10.1. The van der Waals surface area contributed by atoms with Crippen molar-refractivity contribution in [3.63, 3.8) is 0 Å². The minimum Gasteiger partial charge on any atom is -0.352 e. The first-order chi connectivity index (χ1) is 15.2. The predicted octanol–water partition coefficient (Wildman–Crippen LogP) is 4.80. The van der Waals surface area contributed by atoms with E-state index in [0.717, 1.165) is 0 Å². The monoisotopic (exact) mass is 491 g/mol. The summed E-state index contributed by atoms with van der Waals surface area (Å²) in [7, 11) is -4.02. The lowest BCUT2D eigenvalue weighted by Gasteiger charge is -2.11. The molecule has 0 aliphatic rings. The normalized spacial score (nSPS) is 11.0. The van der Waals surface area contributed by atoms with Gasteiger partial charge in [0.15, 0.2) is 0 Å². The molecule has 2 amide bonds. The number of amides is 2. The van der Waals surface area contributed by atoms with Crippen molar-refractivity contribution in [1.82, 2.24) is 5.32 Å². The van der Waals surface area contributed by atoms with Crippen molar-refractivity contribution in [2.75, 3.05) is 16.6 Å². The van der Waals surface area contributed by atoms with E-state index in [2.05, 4.69) is 15.4 Å². The van der Waals surface area contributed by atoms with E-state index < -0.39 is 15.9 Å². The van der Waals surface area contributed by atoms with E-state index in [0.29, 0.717) is 17.8 Å². The van der Waals surface area contributed by atoms with Crippen LogP contribution in [0, 0.1) is 0 Å². The second-order valence-corrected chi connectivity index (χ2v) is 9.15. The molecule has 3 aromatic carbocycles. The fourth-order valence-corrected chi connectivity index (χ4v) is 4.60. The number of hydrogen-bond donors (Lipinski definition) is 3. The molecule has 32 heavy (non-hydrogen) atoms. The maximum atomic E-state index is 12.7. The summed E-state index contributed by atoms with van der Waals surface area (Å²) in [6.07, 6.45) is 0. The molecule has 0 radical (unpaired) electrons. The highest BCUT2D eigenvalue weighted by Gasteiger charge is 2.19. The molecule has 0 fully saturated rings. The van der Waals surface area contributed by atoms with E-state index in [-0.39, 0.29) is 32.1 Å². The third-order valence-corrected chi connectivity index (χ3v) is 6.40. The summed E-state index contributed by atoms with van der Waals surface area (Å²) >= 11 is 11.9. The fourth-order valence-electron chi connectivity index (χ4n) is 2.79. The molecule has 0 bridgehead atoms. The minimum atomic E-state index is -4.02. The molecular weight excluding hydrogens is 473 g/mol. The lowest BCUT2D eigenvalue weighted by molar-refractivity contribution is 0.0955. The van der Waals surface area contributed by atoms with Crippen molar-refractivity contribution in [2.45, 2.75) is 11.8 Å². The van der Waals surface area contributed by atoms with Gasteiger partial charge in [-0.15, -0.1) is 0 Å². The molecule has 0 aliphatic heterocycles. The average molecular weight is 492 g/mol. The molecule has 7 nitrogen and oxygen atoms in total. The van der Waals surface area contributed by atoms with Crippen LogP contribution in [0.15, 0.2) is 71.6 Å². The number of carbonyl (C=O) groups is 2. The maximum absolute atomic E-state index is 12.7. The van der Waals surface area contributed by atoms with Crippen molar-refractivity contribution in [3.8, 4) is 0 Å². The molecule has 0 saturated carbocycles. The topological polar surface area (TPSA) is 104 Å². The van der Waals surface area contributed by atoms with E-state index in [1.165, 1.54) is 30.3 Å². The number of halogens is 2. The van der Waals surface area contributed by atoms with Gasteiger partial charge in [0.1, 0.15) is 4.90 Å². The SMILES string of the molecule is CCNC(=O)c1ccc(NC(=O)c2cccc(NS(=O)(=O)c3cc(Cl)ccc3Cl)c2)cc1. The number of anilines is 2. The van der Waals surface area contributed by atoms with Gasteiger partial charge in [-0.05, 0) is 67.6 Å². The van der Waals surface area contributed by atoms with Crippen molar-refractivity contribution in [2.24, 2.45) is 0 Å². The van der Waals surface area contributed by atoms with Gasteiger partial charge in [0.05, 0.1) is 5.02 Å². The molecule has 0 aromatic heterocycles. The predicted molar refractivity (Wildman–Crippen MR) is 126 cm³/mol. The van der Waals surface area contributed by atoms with Crippen molar-refractivity contribution in [3.05, 3.63) is 87.9 Å². The summed E-state index contributed by atoms with van der Waals surface area (Å²) in [5, 5.41) is 5.64. The average Bonchev–Trinajstić information content (AvgIpc) is 2.76. The Hall–Kier alpha value is -3.07. The Morgan fingerprint density at radius 1 is 0.844 bits per heavy atom. The van der Waals surface area contributed by atoms with Crippen molar-refractivity contribution in [1.29, 1.82) is 0 Å². The highest BCUT2D eigenvalue weighted by atomic mass is 35.5. The molecule has 0 heterocycles. The third kappa shape index (κ3) is 5.79. The zero-order valence-corrected chi connectivity index (χ0v) is 19.2. The van der Waals surface area contributed by atoms with Crippen LogP contribution in [0.5, 0.6) is 0 Å². The Morgan fingerprint density at radius 2 is 1.56 bits per heavy atom. The number of hydrogen-bond acceptors (Lipinski definition) is 4.